The highest BCUT2D eigenvalue weighted by Gasteiger charge is 2.37. The molecule has 1 N–H and O–H groups in total. The third-order valence-electron chi connectivity index (χ3n) is 6.00. The fraction of sp³-hybridized carbons (Fsp3) is 0.111. The Morgan fingerprint density at radius 3 is 1.61 bits per heavy atom. The molecule has 0 saturated carbocycles. The summed E-state index contributed by atoms with van der Waals surface area (Å²) in [6, 6.07) is 17.2. The molecule has 0 fully saturated rings. The average Bonchev–Trinajstić information content (AvgIpc) is 3.18. The van der Waals surface area contributed by atoms with Crippen LogP contribution in [0.25, 0.3) is 11.1 Å². The summed E-state index contributed by atoms with van der Waals surface area (Å²) >= 11 is 4.07. The van der Waals surface area contributed by atoms with Crippen molar-refractivity contribution in [1.29, 1.82) is 0 Å². The van der Waals surface area contributed by atoms with Crippen LogP contribution in [0.2, 0.25) is 0 Å². The maximum Gasteiger partial charge on any atom is 0.416 e. The van der Waals surface area contributed by atoms with E-state index in [2.05, 4.69) is 0 Å². The van der Waals surface area contributed by atoms with Crippen LogP contribution in [0, 0.1) is 7.14 Å². The minimum absolute atomic E-state index is 0.170. The Hall–Kier alpha value is -2.13. The van der Waals surface area contributed by atoms with Crippen molar-refractivity contribution in [2.45, 2.75) is 33.6 Å². The third kappa shape index (κ3) is 5.33. The summed E-state index contributed by atoms with van der Waals surface area (Å²) in [5, 5.41) is 9.93. The zero-order chi connectivity index (χ0) is 27.4. The van der Waals surface area contributed by atoms with Gasteiger partial charge in [0, 0.05) is 9.79 Å². The summed E-state index contributed by atoms with van der Waals surface area (Å²) in [4.78, 5) is 1.93. The molecule has 0 spiro atoms. The summed E-state index contributed by atoms with van der Waals surface area (Å²) < 4.78 is 87.8. The predicted octanol–water partition coefficient (Wildman–Crippen LogP) is 9.68. The highest BCUT2D eigenvalue weighted by Crippen LogP contribution is 2.63. The second-order valence-corrected chi connectivity index (χ2v) is 13.0. The number of thiol groups is 1. The van der Waals surface area contributed by atoms with Gasteiger partial charge < -0.3 is 9.84 Å². The smallest absolute Gasteiger partial charge is 0.416 e. The molecule has 0 aromatic heterocycles. The van der Waals surface area contributed by atoms with E-state index in [1.165, 1.54) is 12.1 Å². The summed E-state index contributed by atoms with van der Waals surface area (Å²) in [5.41, 5.74) is -0.602. The van der Waals surface area contributed by atoms with E-state index < -0.39 is 34.4 Å². The molecule has 198 valence electrons. The first-order valence-corrected chi connectivity index (χ1v) is 14.5. The zero-order valence-electron chi connectivity index (χ0n) is 19.0. The molecule has 0 saturated heterocycles. The Kier molecular flexibility index (Phi) is 7.31. The monoisotopic (exact) mass is 772 g/mol. The number of halogens is 8. The van der Waals surface area contributed by atoms with E-state index >= 15 is 0 Å². The lowest BCUT2D eigenvalue weighted by Crippen LogP contribution is -2.05. The largest absolute Gasteiger partial charge is 0.506 e. The third-order valence-corrected chi connectivity index (χ3v) is 10.2. The van der Waals surface area contributed by atoms with E-state index in [-0.39, 0.29) is 23.5 Å². The van der Waals surface area contributed by atoms with Crippen LogP contribution in [0.3, 0.4) is 0 Å². The number of fused-ring (bicyclic) bond motifs is 3. The summed E-state index contributed by atoms with van der Waals surface area (Å²) in [6.45, 7) is 0.256. The van der Waals surface area contributed by atoms with Crippen molar-refractivity contribution in [3.8, 4) is 22.6 Å². The van der Waals surface area contributed by atoms with Gasteiger partial charge in [-0.2, -0.15) is 37.2 Å². The number of hydrogen-bond acceptors (Lipinski definition) is 2. The molecule has 1 aliphatic rings. The molecule has 1 heterocycles. The van der Waals surface area contributed by atoms with Crippen molar-refractivity contribution in [2.24, 2.45) is 0 Å². The van der Waals surface area contributed by atoms with Crippen LogP contribution >= 0.6 is 56.1 Å². The Bertz CT molecular complexity index is 1450. The summed E-state index contributed by atoms with van der Waals surface area (Å²) in [7, 11) is -1.37. The predicted molar refractivity (Wildman–Crippen MR) is 150 cm³/mol. The maximum atomic E-state index is 13.4. The molecule has 0 atom stereocenters. The molecule has 5 rings (SSSR count). The fourth-order valence-electron chi connectivity index (χ4n) is 4.21. The van der Waals surface area contributed by atoms with E-state index in [4.69, 9.17) is 4.74 Å². The lowest BCUT2D eigenvalue weighted by molar-refractivity contribution is -0.138. The Morgan fingerprint density at radius 1 is 0.684 bits per heavy atom. The SMILES string of the molecule is Oc1c(I)cc(COc2ccc([SH]3c4ccc(C(F)(F)F)cc4-c4cc(C(F)(F)F)ccc43)cc2)cc1I. The van der Waals surface area contributed by atoms with E-state index in [0.29, 0.717) is 22.7 Å². The summed E-state index contributed by atoms with van der Waals surface area (Å²) in [6.07, 6.45) is -9.23. The molecular weight excluding hydrogens is 756 g/mol. The topological polar surface area (TPSA) is 29.5 Å². The van der Waals surface area contributed by atoms with Crippen molar-refractivity contribution in [3.63, 3.8) is 0 Å². The lowest BCUT2D eigenvalue weighted by atomic mass is 10.0. The number of phenolic OH excluding ortho intramolecular Hbond substituents is 1. The maximum absolute atomic E-state index is 13.4. The molecule has 0 bridgehead atoms. The zero-order valence-corrected chi connectivity index (χ0v) is 24.2. The molecule has 0 aliphatic carbocycles. The van der Waals surface area contributed by atoms with Crippen LogP contribution in [-0.2, 0) is 19.0 Å². The molecular formula is C27H16F6I2O2S. The fourth-order valence-corrected chi connectivity index (χ4v) is 8.67. The molecule has 0 amide bonds. The van der Waals surface area contributed by atoms with E-state index in [0.717, 1.165) is 34.7 Å². The molecule has 38 heavy (non-hydrogen) atoms. The molecule has 2 nitrogen and oxygen atoms in total. The van der Waals surface area contributed by atoms with Gasteiger partial charge in [0.05, 0.1) is 18.3 Å². The van der Waals surface area contributed by atoms with Gasteiger partial charge in [-0.15, -0.1) is 0 Å². The van der Waals surface area contributed by atoms with Gasteiger partial charge in [-0.3, -0.25) is 0 Å². The molecule has 0 radical (unpaired) electrons. The van der Waals surface area contributed by atoms with E-state index in [1.54, 1.807) is 24.3 Å². The van der Waals surface area contributed by atoms with E-state index in [1.807, 2.05) is 57.3 Å². The first-order valence-electron chi connectivity index (χ1n) is 11.0. The van der Waals surface area contributed by atoms with Crippen molar-refractivity contribution in [2.75, 3.05) is 0 Å². The quantitative estimate of drug-likeness (QED) is 0.108. The van der Waals surface area contributed by atoms with Crippen molar-refractivity contribution >= 4 is 56.1 Å². The van der Waals surface area contributed by atoms with Gasteiger partial charge in [-0.25, -0.2) is 0 Å². The van der Waals surface area contributed by atoms with Gasteiger partial charge in [0.2, 0.25) is 0 Å². The first kappa shape index (κ1) is 27.4. The Labute approximate surface area is 243 Å². The second kappa shape index (κ2) is 10.1. The Morgan fingerprint density at radius 2 is 1.16 bits per heavy atom. The number of rotatable bonds is 4. The number of alkyl halides is 6. The van der Waals surface area contributed by atoms with Crippen LogP contribution in [0.4, 0.5) is 26.3 Å². The summed E-state index contributed by atoms with van der Waals surface area (Å²) in [5.74, 6) is 0.768. The highest BCUT2D eigenvalue weighted by atomic mass is 127. The number of ether oxygens (including phenoxy) is 1. The second-order valence-electron chi connectivity index (χ2n) is 8.49. The van der Waals surface area contributed by atoms with Crippen molar-refractivity contribution < 1.29 is 36.2 Å². The standard InChI is InChI=1S/C27H16F6I2O2S/c28-26(29,30)15-1-7-23-19(11-15)20-12-16(27(31,32)33)2-8-24(20)38(23)18-5-3-17(4-6-18)37-13-14-9-21(34)25(36)22(35)10-14/h1-12,36,38H,13H2. The number of phenols is 1. The van der Waals surface area contributed by atoms with E-state index in [9.17, 15) is 31.4 Å². The lowest BCUT2D eigenvalue weighted by Gasteiger charge is -2.20. The molecule has 4 aromatic rings. The first-order chi connectivity index (χ1) is 17.8. The number of benzene rings is 4. The van der Waals surface area contributed by atoms with Gasteiger partial charge in [0.1, 0.15) is 18.1 Å². The van der Waals surface area contributed by atoms with Crippen LogP contribution in [0.15, 0.2) is 87.5 Å². The molecule has 4 aromatic carbocycles. The molecule has 0 unspecified atom stereocenters. The number of hydrogen-bond donors (Lipinski definition) is 2. The van der Waals surface area contributed by atoms with Gasteiger partial charge in [0.15, 0.2) is 0 Å². The average molecular weight is 772 g/mol. The molecule has 1 aliphatic heterocycles. The van der Waals surface area contributed by atoms with Crippen molar-refractivity contribution in [1.82, 2.24) is 0 Å². The highest BCUT2D eigenvalue weighted by molar-refractivity contribution is 14.1. The van der Waals surface area contributed by atoms with Gasteiger partial charge in [0.25, 0.3) is 0 Å². The van der Waals surface area contributed by atoms with Gasteiger partial charge in [-0.05, 0) is 140 Å². The van der Waals surface area contributed by atoms with Gasteiger partial charge >= 0.3 is 12.4 Å². The number of aromatic hydroxyl groups is 1. The van der Waals surface area contributed by atoms with Crippen molar-refractivity contribution in [3.05, 3.63) is 96.6 Å². The molecule has 11 heteroatoms. The van der Waals surface area contributed by atoms with Gasteiger partial charge in [-0.1, -0.05) is 0 Å². The normalized spacial score (nSPS) is 13.8. The minimum atomic E-state index is -4.62. The van der Waals surface area contributed by atoms with Crippen LogP contribution in [0.5, 0.6) is 11.5 Å². The Balaban J connectivity index is 1.48. The van der Waals surface area contributed by atoms with Crippen LogP contribution in [0.1, 0.15) is 16.7 Å². The van der Waals surface area contributed by atoms with Crippen LogP contribution in [-0.4, -0.2) is 5.11 Å². The van der Waals surface area contributed by atoms with Crippen LogP contribution < -0.4 is 4.74 Å². The minimum Gasteiger partial charge on any atom is -0.506 e.